The molecule has 1 saturated heterocycles. The number of nitrogens with zero attached hydrogens (tertiary/aromatic N) is 2. The van der Waals surface area contributed by atoms with Crippen LogP contribution in [0.1, 0.15) is 52.4 Å². The van der Waals surface area contributed by atoms with Crippen LogP contribution >= 0.6 is 0 Å². The number of amides is 1. The second-order valence-corrected chi connectivity index (χ2v) is 5.55. The van der Waals surface area contributed by atoms with Crippen LogP contribution in [0.4, 0.5) is 0 Å². The summed E-state index contributed by atoms with van der Waals surface area (Å²) in [6.45, 7) is 6.79. The summed E-state index contributed by atoms with van der Waals surface area (Å²) >= 11 is 0. The van der Waals surface area contributed by atoms with Crippen LogP contribution in [0.5, 0.6) is 0 Å². The van der Waals surface area contributed by atoms with Gasteiger partial charge in [-0.25, -0.2) is 0 Å². The van der Waals surface area contributed by atoms with E-state index in [2.05, 4.69) is 13.8 Å². The van der Waals surface area contributed by atoms with Gasteiger partial charge in [0.05, 0.1) is 6.54 Å². The highest BCUT2D eigenvalue weighted by Crippen LogP contribution is 2.17. The summed E-state index contributed by atoms with van der Waals surface area (Å²) in [7, 11) is 0. The topological polar surface area (TPSA) is 60.9 Å². The third-order valence-electron chi connectivity index (χ3n) is 3.90. The van der Waals surface area contributed by atoms with E-state index in [0.717, 1.165) is 51.7 Å². The molecule has 1 aliphatic heterocycles. The van der Waals surface area contributed by atoms with E-state index in [-0.39, 0.29) is 12.5 Å². The first-order chi connectivity index (χ1) is 9.60. The molecule has 1 amide bonds. The number of hydrogen-bond acceptors (Lipinski definition) is 3. The summed E-state index contributed by atoms with van der Waals surface area (Å²) in [6.07, 6.45) is 5.69. The monoisotopic (exact) mass is 284 g/mol. The molecule has 1 fully saturated rings. The minimum atomic E-state index is -0.802. The van der Waals surface area contributed by atoms with Crippen LogP contribution in [-0.4, -0.2) is 59.0 Å². The van der Waals surface area contributed by atoms with Gasteiger partial charge >= 0.3 is 5.97 Å². The first-order valence-corrected chi connectivity index (χ1v) is 7.84. The molecular formula is C15H28N2O3. The van der Waals surface area contributed by atoms with Gasteiger partial charge in [-0.2, -0.15) is 0 Å². The maximum absolute atomic E-state index is 12.4. The zero-order valence-corrected chi connectivity index (χ0v) is 12.8. The van der Waals surface area contributed by atoms with Crippen LogP contribution in [0.3, 0.4) is 0 Å². The fourth-order valence-electron chi connectivity index (χ4n) is 2.63. The molecule has 1 unspecified atom stereocenters. The van der Waals surface area contributed by atoms with Gasteiger partial charge in [0.25, 0.3) is 0 Å². The quantitative estimate of drug-likeness (QED) is 0.703. The van der Waals surface area contributed by atoms with Crippen molar-refractivity contribution in [2.45, 2.75) is 58.4 Å². The van der Waals surface area contributed by atoms with Crippen LogP contribution in [-0.2, 0) is 9.59 Å². The molecule has 0 spiro atoms. The number of carboxylic acid groups (broad SMARTS) is 1. The van der Waals surface area contributed by atoms with Crippen LogP contribution in [0, 0.1) is 0 Å². The van der Waals surface area contributed by atoms with Gasteiger partial charge < -0.3 is 10.0 Å². The van der Waals surface area contributed by atoms with Crippen LogP contribution in [0.15, 0.2) is 0 Å². The predicted molar refractivity (Wildman–Crippen MR) is 78.6 cm³/mol. The summed E-state index contributed by atoms with van der Waals surface area (Å²) in [6, 6.07) is -0.474. The molecule has 1 aliphatic rings. The molecule has 1 heterocycles. The molecule has 20 heavy (non-hydrogen) atoms. The Balaban J connectivity index is 2.53. The molecule has 1 atom stereocenters. The normalized spacial score (nSPS) is 19.2. The molecule has 0 aromatic rings. The highest BCUT2D eigenvalue weighted by atomic mass is 16.4. The van der Waals surface area contributed by atoms with E-state index in [1.54, 1.807) is 0 Å². The first-order valence-electron chi connectivity index (χ1n) is 7.84. The minimum Gasteiger partial charge on any atom is -0.480 e. The molecule has 116 valence electrons. The second-order valence-electron chi connectivity index (χ2n) is 5.55. The van der Waals surface area contributed by atoms with E-state index in [1.807, 2.05) is 9.80 Å². The van der Waals surface area contributed by atoms with Gasteiger partial charge in [0.2, 0.25) is 5.91 Å². The molecule has 1 rings (SSSR count). The van der Waals surface area contributed by atoms with E-state index in [0.29, 0.717) is 6.42 Å². The van der Waals surface area contributed by atoms with Crippen molar-refractivity contribution in [2.24, 2.45) is 0 Å². The molecule has 0 bridgehead atoms. The summed E-state index contributed by atoms with van der Waals surface area (Å²) < 4.78 is 0. The molecule has 0 aromatic carbocycles. The van der Waals surface area contributed by atoms with Gasteiger partial charge in [-0.1, -0.05) is 26.7 Å². The lowest BCUT2D eigenvalue weighted by molar-refractivity contribution is -0.143. The lowest BCUT2D eigenvalue weighted by atomic mass is 10.2. The third-order valence-corrected chi connectivity index (χ3v) is 3.90. The highest BCUT2D eigenvalue weighted by Gasteiger charge is 2.32. The molecule has 5 heteroatoms. The number of likely N-dealkylation sites (tertiary alicyclic amines) is 1. The maximum atomic E-state index is 12.4. The number of unbranched alkanes of at least 4 members (excludes halogenated alkanes) is 2. The standard InChI is InChI=1S/C15H28N2O3/c1-3-5-9-16(10-6-4-2)14(18)12-17-11-7-8-13(17)15(19)20/h13H,3-12H2,1-2H3,(H,19,20). The Morgan fingerprint density at radius 1 is 1.20 bits per heavy atom. The Morgan fingerprint density at radius 3 is 2.30 bits per heavy atom. The molecule has 1 N–H and O–H groups in total. The van der Waals surface area contributed by atoms with E-state index in [1.165, 1.54) is 0 Å². The largest absolute Gasteiger partial charge is 0.480 e. The van der Waals surface area contributed by atoms with Gasteiger partial charge in [0.1, 0.15) is 6.04 Å². The van der Waals surface area contributed by atoms with Gasteiger partial charge in [-0.05, 0) is 32.2 Å². The van der Waals surface area contributed by atoms with E-state index >= 15 is 0 Å². The highest BCUT2D eigenvalue weighted by molar-refractivity contribution is 5.80. The predicted octanol–water partition coefficient (Wildman–Crippen LogP) is 1.96. The van der Waals surface area contributed by atoms with Crippen molar-refractivity contribution in [3.63, 3.8) is 0 Å². The smallest absolute Gasteiger partial charge is 0.320 e. The molecule has 0 aliphatic carbocycles. The van der Waals surface area contributed by atoms with E-state index in [4.69, 9.17) is 5.11 Å². The summed E-state index contributed by atoms with van der Waals surface area (Å²) in [5.74, 6) is -0.719. The van der Waals surface area contributed by atoms with Gasteiger partial charge in [0.15, 0.2) is 0 Å². The number of aliphatic carboxylic acids is 1. The Bertz CT molecular complexity index is 312. The number of carbonyl (C=O) groups excluding carboxylic acids is 1. The van der Waals surface area contributed by atoms with Crippen LogP contribution in [0.25, 0.3) is 0 Å². The Labute approximate surface area is 121 Å². The lowest BCUT2D eigenvalue weighted by Crippen LogP contribution is -2.45. The molecule has 0 radical (unpaired) electrons. The zero-order chi connectivity index (χ0) is 15.0. The fourth-order valence-corrected chi connectivity index (χ4v) is 2.63. The van der Waals surface area contributed by atoms with Crippen molar-refractivity contribution < 1.29 is 14.7 Å². The second kappa shape index (κ2) is 8.95. The third kappa shape index (κ3) is 5.12. The van der Waals surface area contributed by atoms with Gasteiger partial charge in [0, 0.05) is 13.1 Å². The van der Waals surface area contributed by atoms with Crippen molar-refractivity contribution in [3.05, 3.63) is 0 Å². The van der Waals surface area contributed by atoms with Crippen molar-refractivity contribution in [2.75, 3.05) is 26.2 Å². The van der Waals surface area contributed by atoms with Crippen LogP contribution < -0.4 is 0 Å². The molecule has 0 saturated carbocycles. The van der Waals surface area contributed by atoms with Crippen molar-refractivity contribution in [1.82, 2.24) is 9.80 Å². The lowest BCUT2D eigenvalue weighted by Gasteiger charge is -2.27. The van der Waals surface area contributed by atoms with Gasteiger partial charge in [-0.3, -0.25) is 14.5 Å². The maximum Gasteiger partial charge on any atom is 0.320 e. The average molecular weight is 284 g/mol. The molecular weight excluding hydrogens is 256 g/mol. The SMILES string of the molecule is CCCCN(CCCC)C(=O)CN1CCCC1C(=O)O. The zero-order valence-electron chi connectivity index (χ0n) is 12.8. The summed E-state index contributed by atoms with van der Waals surface area (Å²) in [4.78, 5) is 27.2. The summed E-state index contributed by atoms with van der Waals surface area (Å²) in [5.41, 5.74) is 0. The number of carbonyl (C=O) groups is 2. The van der Waals surface area contributed by atoms with E-state index in [9.17, 15) is 9.59 Å². The van der Waals surface area contributed by atoms with E-state index < -0.39 is 12.0 Å². The molecule has 0 aromatic heterocycles. The number of rotatable bonds is 9. The first kappa shape index (κ1) is 17.0. The van der Waals surface area contributed by atoms with Crippen LogP contribution in [0.2, 0.25) is 0 Å². The van der Waals surface area contributed by atoms with Crippen molar-refractivity contribution >= 4 is 11.9 Å². The summed E-state index contributed by atoms with van der Waals surface area (Å²) in [5, 5.41) is 9.15. The van der Waals surface area contributed by atoms with Gasteiger partial charge in [-0.15, -0.1) is 0 Å². The fraction of sp³-hybridized carbons (Fsp3) is 0.867. The Hall–Kier alpha value is -1.10. The minimum absolute atomic E-state index is 0.0834. The van der Waals surface area contributed by atoms with Crippen molar-refractivity contribution in [3.8, 4) is 0 Å². The molecule has 5 nitrogen and oxygen atoms in total. The average Bonchev–Trinajstić information content (AvgIpc) is 2.87. The number of carboxylic acids is 1. The Morgan fingerprint density at radius 2 is 1.80 bits per heavy atom. The van der Waals surface area contributed by atoms with Crippen molar-refractivity contribution in [1.29, 1.82) is 0 Å². The number of hydrogen-bond donors (Lipinski definition) is 1. The Kier molecular flexibility index (Phi) is 7.59.